The van der Waals surface area contributed by atoms with Crippen molar-refractivity contribution in [3.63, 3.8) is 0 Å². The number of hydrogen-bond donors (Lipinski definition) is 0. The van der Waals surface area contributed by atoms with E-state index in [0.29, 0.717) is 37.6 Å². The summed E-state index contributed by atoms with van der Waals surface area (Å²) >= 11 is 0. The van der Waals surface area contributed by atoms with E-state index in [-0.39, 0.29) is 12.0 Å². The van der Waals surface area contributed by atoms with Gasteiger partial charge >= 0.3 is 0 Å². The molecular formula is C17H19NO4. The van der Waals surface area contributed by atoms with Gasteiger partial charge in [-0.05, 0) is 25.1 Å². The number of rotatable bonds is 4. The number of ether oxygens (including phenoxy) is 2. The molecule has 5 nitrogen and oxygen atoms in total. The molecule has 1 aliphatic heterocycles. The van der Waals surface area contributed by atoms with Gasteiger partial charge in [0, 0.05) is 6.54 Å². The molecule has 5 heteroatoms. The minimum absolute atomic E-state index is 0.0146. The quantitative estimate of drug-likeness (QED) is 0.870. The van der Waals surface area contributed by atoms with Gasteiger partial charge in [0.1, 0.15) is 24.2 Å². The maximum Gasteiger partial charge on any atom is 0.257 e. The first-order valence-corrected chi connectivity index (χ1v) is 7.37. The molecular weight excluding hydrogens is 282 g/mol. The van der Waals surface area contributed by atoms with Crippen LogP contribution in [0.15, 0.2) is 47.1 Å². The van der Waals surface area contributed by atoms with E-state index >= 15 is 0 Å². The first-order valence-electron chi connectivity index (χ1n) is 7.37. The molecule has 1 atom stereocenters. The normalized spacial score (nSPS) is 18.2. The molecule has 22 heavy (non-hydrogen) atoms. The zero-order chi connectivity index (χ0) is 15.4. The Balaban J connectivity index is 1.57. The predicted molar refractivity (Wildman–Crippen MR) is 81.0 cm³/mol. The molecule has 1 saturated heterocycles. The average Bonchev–Trinajstić information content (AvgIpc) is 2.99. The summed E-state index contributed by atoms with van der Waals surface area (Å²) in [5.41, 5.74) is 0.615. The van der Waals surface area contributed by atoms with E-state index in [1.807, 2.05) is 30.3 Å². The number of carbonyl (C=O) groups is 1. The summed E-state index contributed by atoms with van der Waals surface area (Å²) in [5, 5.41) is 0. The fraction of sp³-hybridized carbons (Fsp3) is 0.353. The number of hydrogen-bond acceptors (Lipinski definition) is 4. The molecule has 0 saturated carbocycles. The fourth-order valence-corrected chi connectivity index (χ4v) is 2.49. The number of benzene rings is 1. The lowest BCUT2D eigenvalue weighted by atomic mass is 10.2. The highest BCUT2D eigenvalue weighted by molar-refractivity contribution is 5.95. The van der Waals surface area contributed by atoms with Gasteiger partial charge in [-0.1, -0.05) is 18.2 Å². The van der Waals surface area contributed by atoms with E-state index in [2.05, 4.69) is 0 Å². The van der Waals surface area contributed by atoms with E-state index in [9.17, 15) is 4.79 Å². The van der Waals surface area contributed by atoms with Crippen molar-refractivity contribution in [2.75, 3.05) is 26.3 Å². The van der Waals surface area contributed by atoms with E-state index in [1.165, 1.54) is 0 Å². The van der Waals surface area contributed by atoms with Crippen LogP contribution in [0.5, 0.6) is 5.75 Å². The third-order valence-corrected chi connectivity index (χ3v) is 3.69. The van der Waals surface area contributed by atoms with Crippen LogP contribution in [0, 0.1) is 6.92 Å². The largest absolute Gasteiger partial charge is 0.491 e. The molecule has 0 bridgehead atoms. The molecule has 2 heterocycles. The van der Waals surface area contributed by atoms with E-state index in [0.717, 1.165) is 5.75 Å². The summed E-state index contributed by atoms with van der Waals surface area (Å²) in [6.45, 7) is 3.86. The molecule has 0 aliphatic carbocycles. The molecule has 1 unspecified atom stereocenters. The number of furan rings is 1. The number of para-hydroxylation sites is 1. The number of nitrogens with zero attached hydrogens (tertiary/aromatic N) is 1. The first kappa shape index (κ1) is 14.7. The highest BCUT2D eigenvalue weighted by Gasteiger charge is 2.27. The maximum atomic E-state index is 12.5. The maximum absolute atomic E-state index is 12.5. The van der Waals surface area contributed by atoms with Crippen molar-refractivity contribution in [2.24, 2.45) is 0 Å². The lowest BCUT2D eigenvalue weighted by Crippen LogP contribution is -2.47. The SMILES string of the molecule is Cc1occc1C(=O)N1CCOC(COc2ccccc2)C1. The van der Waals surface area contributed by atoms with Crippen LogP contribution in [-0.2, 0) is 4.74 Å². The lowest BCUT2D eigenvalue weighted by molar-refractivity contribution is -0.0401. The smallest absolute Gasteiger partial charge is 0.257 e. The molecule has 0 N–H and O–H groups in total. The molecule has 0 radical (unpaired) electrons. The summed E-state index contributed by atoms with van der Waals surface area (Å²) in [6.07, 6.45) is 1.42. The second-order valence-electron chi connectivity index (χ2n) is 5.26. The van der Waals surface area contributed by atoms with E-state index < -0.39 is 0 Å². The Labute approximate surface area is 129 Å². The number of morpholine rings is 1. The van der Waals surface area contributed by atoms with Crippen molar-refractivity contribution < 1.29 is 18.7 Å². The Morgan fingerprint density at radius 2 is 2.14 bits per heavy atom. The van der Waals surface area contributed by atoms with Gasteiger partial charge in [-0.2, -0.15) is 0 Å². The average molecular weight is 301 g/mol. The van der Waals surface area contributed by atoms with Crippen molar-refractivity contribution in [3.05, 3.63) is 54.0 Å². The summed E-state index contributed by atoms with van der Waals surface area (Å²) in [5.74, 6) is 1.44. The summed E-state index contributed by atoms with van der Waals surface area (Å²) in [4.78, 5) is 14.3. The summed E-state index contributed by atoms with van der Waals surface area (Å²) in [7, 11) is 0. The third kappa shape index (κ3) is 3.31. The van der Waals surface area contributed by atoms with Crippen LogP contribution < -0.4 is 4.74 Å². The molecule has 1 aliphatic rings. The first-order chi connectivity index (χ1) is 10.7. The summed E-state index contributed by atoms with van der Waals surface area (Å²) < 4.78 is 16.6. The van der Waals surface area contributed by atoms with Crippen LogP contribution >= 0.6 is 0 Å². The molecule has 1 aromatic heterocycles. The van der Waals surface area contributed by atoms with E-state index in [1.54, 1.807) is 24.2 Å². The van der Waals surface area contributed by atoms with Crippen molar-refractivity contribution in [1.82, 2.24) is 4.90 Å². The van der Waals surface area contributed by atoms with Gasteiger partial charge in [0.25, 0.3) is 5.91 Å². The van der Waals surface area contributed by atoms with Crippen LogP contribution in [0.3, 0.4) is 0 Å². The second-order valence-corrected chi connectivity index (χ2v) is 5.26. The Morgan fingerprint density at radius 3 is 2.86 bits per heavy atom. The van der Waals surface area contributed by atoms with Gasteiger partial charge in [0.2, 0.25) is 0 Å². The predicted octanol–water partition coefficient (Wildman–Crippen LogP) is 2.51. The van der Waals surface area contributed by atoms with Crippen LogP contribution in [0.25, 0.3) is 0 Å². The third-order valence-electron chi connectivity index (χ3n) is 3.69. The second kappa shape index (κ2) is 6.66. The standard InChI is InChI=1S/C17H19NO4/c1-13-16(7-9-20-13)17(19)18-8-10-21-15(11-18)12-22-14-5-3-2-4-6-14/h2-7,9,15H,8,10-12H2,1H3. The van der Waals surface area contributed by atoms with Crippen LogP contribution in [0.1, 0.15) is 16.1 Å². The van der Waals surface area contributed by atoms with Gasteiger partial charge in [0.05, 0.1) is 25.0 Å². The van der Waals surface area contributed by atoms with Gasteiger partial charge in [-0.25, -0.2) is 0 Å². The molecule has 1 amide bonds. The van der Waals surface area contributed by atoms with Crippen molar-refractivity contribution in [1.29, 1.82) is 0 Å². The molecule has 3 rings (SSSR count). The molecule has 116 valence electrons. The number of carbonyl (C=O) groups excluding carboxylic acids is 1. The van der Waals surface area contributed by atoms with Crippen molar-refractivity contribution in [3.8, 4) is 5.75 Å². The minimum atomic E-state index is -0.120. The van der Waals surface area contributed by atoms with Crippen LogP contribution in [-0.4, -0.2) is 43.2 Å². The highest BCUT2D eigenvalue weighted by Crippen LogP contribution is 2.16. The Kier molecular flexibility index (Phi) is 4.44. The molecule has 1 fully saturated rings. The zero-order valence-electron chi connectivity index (χ0n) is 12.5. The Hall–Kier alpha value is -2.27. The van der Waals surface area contributed by atoms with Gasteiger partial charge < -0.3 is 18.8 Å². The van der Waals surface area contributed by atoms with Gasteiger partial charge in [-0.3, -0.25) is 4.79 Å². The van der Waals surface area contributed by atoms with Gasteiger partial charge in [0.15, 0.2) is 0 Å². The Morgan fingerprint density at radius 1 is 1.32 bits per heavy atom. The van der Waals surface area contributed by atoms with Crippen LogP contribution in [0.4, 0.5) is 0 Å². The van der Waals surface area contributed by atoms with E-state index in [4.69, 9.17) is 13.9 Å². The van der Waals surface area contributed by atoms with Crippen molar-refractivity contribution in [2.45, 2.75) is 13.0 Å². The number of amides is 1. The monoisotopic (exact) mass is 301 g/mol. The Bertz CT molecular complexity index is 623. The topological polar surface area (TPSA) is 51.9 Å². The van der Waals surface area contributed by atoms with Gasteiger partial charge in [-0.15, -0.1) is 0 Å². The molecule has 0 spiro atoms. The molecule has 2 aromatic rings. The number of aryl methyl sites for hydroxylation is 1. The lowest BCUT2D eigenvalue weighted by Gasteiger charge is -2.32. The minimum Gasteiger partial charge on any atom is -0.491 e. The van der Waals surface area contributed by atoms with Crippen LogP contribution in [0.2, 0.25) is 0 Å². The summed E-state index contributed by atoms with van der Waals surface area (Å²) in [6, 6.07) is 11.3. The molecule has 1 aromatic carbocycles. The zero-order valence-corrected chi connectivity index (χ0v) is 12.5. The fourth-order valence-electron chi connectivity index (χ4n) is 2.49. The van der Waals surface area contributed by atoms with Crippen molar-refractivity contribution >= 4 is 5.91 Å². The highest BCUT2D eigenvalue weighted by atomic mass is 16.5.